The van der Waals surface area contributed by atoms with Crippen LogP contribution in [0.15, 0.2) is 55.1 Å². The van der Waals surface area contributed by atoms with Gasteiger partial charge in [0.15, 0.2) is 5.82 Å². The number of anilines is 1. The van der Waals surface area contributed by atoms with Gasteiger partial charge in [-0.25, -0.2) is 9.37 Å². The largest absolute Gasteiger partial charge is 0.378 e. The lowest BCUT2D eigenvalue weighted by Gasteiger charge is -2.42. The molecule has 0 atom stereocenters. The van der Waals surface area contributed by atoms with Crippen LogP contribution in [0.5, 0.6) is 0 Å². The zero-order valence-electron chi connectivity index (χ0n) is 19.9. The number of aromatic amines is 1. The Kier molecular flexibility index (Phi) is 6.50. The maximum atomic E-state index is 15.7. The summed E-state index contributed by atoms with van der Waals surface area (Å²) in [5, 5.41) is 6.79. The summed E-state index contributed by atoms with van der Waals surface area (Å²) in [6.45, 7) is 7.47. The Balaban J connectivity index is 0.000000990. The molecule has 184 valence electrons. The van der Waals surface area contributed by atoms with Gasteiger partial charge < -0.3 is 14.5 Å². The van der Waals surface area contributed by atoms with Gasteiger partial charge in [-0.3, -0.25) is 14.5 Å². The number of amides is 1. The second-order valence-corrected chi connectivity index (χ2v) is 8.45. The van der Waals surface area contributed by atoms with Gasteiger partial charge in [-0.05, 0) is 29.8 Å². The molecule has 4 heterocycles. The number of morpholine rings is 1. The van der Waals surface area contributed by atoms with Crippen molar-refractivity contribution in [2.24, 2.45) is 5.92 Å². The van der Waals surface area contributed by atoms with Crippen LogP contribution < -0.4 is 4.90 Å². The van der Waals surface area contributed by atoms with Crippen LogP contribution in [0.3, 0.4) is 0 Å². The summed E-state index contributed by atoms with van der Waals surface area (Å²) < 4.78 is 22.8. The highest BCUT2D eigenvalue weighted by molar-refractivity contribution is 5.85. The first kappa shape index (κ1) is 23.0. The molecule has 35 heavy (non-hydrogen) atoms. The summed E-state index contributed by atoms with van der Waals surface area (Å²) in [6.07, 6.45) is 5.24. The molecular formula is C26H31FN6O2. The molecule has 2 aliphatic heterocycles. The second kappa shape index (κ2) is 9.87. The lowest BCUT2D eigenvalue weighted by atomic mass is 9.97. The Morgan fingerprint density at radius 3 is 2.51 bits per heavy atom. The van der Waals surface area contributed by atoms with Crippen LogP contribution in [-0.4, -0.2) is 69.9 Å². The maximum Gasteiger partial charge on any atom is 0.229 e. The first-order valence-corrected chi connectivity index (χ1v) is 12.1. The van der Waals surface area contributed by atoms with Gasteiger partial charge >= 0.3 is 0 Å². The Labute approximate surface area is 204 Å². The molecule has 6 rings (SSSR count). The van der Waals surface area contributed by atoms with E-state index in [9.17, 15) is 4.79 Å². The third kappa shape index (κ3) is 4.27. The van der Waals surface area contributed by atoms with Crippen molar-refractivity contribution in [1.29, 1.82) is 0 Å². The minimum Gasteiger partial charge on any atom is -0.378 e. The molecule has 2 fully saturated rings. The summed E-state index contributed by atoms with van der Waals surface area (Å²) in [7, 11) is 0. The minimum absolute atomic E-state index is 0. The monoisotopic (exact) mass is 478 g/mol. The van der Waals surface area contributed by atoms with Crippen molar-refractivity contribution >= 4 is 22.6 Å². The molecule has 2 aromatic heterocycles. The van der Waals surface area contributed by atoms with Crippen molar-refractivity contribution in [2.45, 2.75) is 13.8 Å². The number of nitrogens with zero attached hydrogens (tertiary/aromatic N) is 5. The molecule has 8 nitrogen and oxygen atoms in total. The van der Waals surface area contributed by atoms with Crippen molar-refractivity contribution in [1.82, 2.24) is 24.6 Å². The van der Waals surface area contributed by atoms with E-state index in [0.717, 1.165) is 16.8 Å². The van der Waals surface area contributed by atoms with Gasteiger partial charge in [-0.2, -0.15) is 5.10 Å². The smallest absolute Gasteiger partial charge is 0.229 e. The second-order valence-electron chi connectivity index (χ2n) is 8.45. The molecule has 0 bridgehead atoms. The number of carbonyl (C=O) groups is 1. The Morgan fingerprint density at radius 1 is 1.09 bits per heavy atom. The fourth-order valence-electron chi connectivity index (χ4n) is 4.59. The van der Waals surface area contributed by atoms with Crippen LogP contribution >= 0.6 is 0 Å². The summed E-state index contributed by atoms with van der Waals surface area (Å²) in [5.74, 6) is -0.279. The number of hydrogen-bond donors (Lipinski definition) is 1. The zero-order valence-corrected chi connectivity index (χ0v) is 19.9. The molecule has 2 saturated heterocycles. The van der Waals surface area contributed by atoms with Crippen molar-refractivity contribution < 1.29 is 15.3 Å². The molecule has 4 aromatic rings. The molecule has 1 amide bonds. The normalized spacial score (nSPS) is 16.1. The zero-order chi connectivity index (χ0) is 24.4. The average molecular weight is 479 g/mol. The van der Waals surface area contributed by atoms with Gasteiger partial charge in [-0.1, -0.05) is 26.0 Å². The molecule has 9 heteroatoms. The number of aromatic nitrogens is 4. The number of fused-ring (bicyclic) bond motifs is 1. The number of hydrogen-bond acceptors (Lipinski definition) is 5. The average Bonchev–Trinajstić information content (AvgIpc) is 3.57. The van der Waals surface area contributed by atoms with Crippen molar-refractivity contribution in [2.75, 3.05) is 44.3 Å². The Bertz CT molecular complexity index is 1300. The highest BCUT2D eigenvalue weighted by Gasteiger charge is 2.37. The van der Waals surface area contributed by atoms with Gasteiger partial charge in [0.05, 0.1) is 36.5 Å². The van der Waals surface area contributed by atoms with Crippen molar-refractivity contribution in [3.63, 3.8) is 0 Å². The topological polar surface area (TPSA) is 79.3 Å². The summed E-state index contributed by atoms with van der Waals surface area (Å²) >= 11 is 0. The lowest BCUT2D eigenvalue weighted by Crippen LogP contribution is -2.56. The van der Waals surface area contributed by atoms with Crippen LogP contribution in [0.4, 0.5) is 10.1 Å². The first-order chi connectivity index (χ1) is 17.2. The number of H-pyrrole nitrogens is 1. The Hall–Kier alpha value is -3.72. The summed E-state index contributed by atoms with van der Waals surface area (Å²) in [4.78, 5) is 20.9. The minimum atomic E-state index is -0.318. The third-order valence-corrected chi connectivity index (χ3v) is 6.50. The van der Waals surface area contributed by atoms with Gasteiger partial charge in [0.25, 0.3) is 0 Å². The molecule has 2 aromatic carbocycles. The number of benzene rings is 2. The molecule has 0 spiro atoms. The molecule has 2 aliphatic rings. The van der Waals surface area contributed by atoms with Gasteiger partial charge in [0.2, 0.25) is 5.91 Å². The van der Waals surface area contributed by atoms with Crippen LogP contribution in [-0.2, 0) is 9.53 Å². The van der Waals surface area contributed by atoms with E-state index in [1.807, 2.05) is 60.2 Å². The predicted molar refractivity (Wildman–Crippen MR) is 135 cm³/mol. The SMILES string of the molecule is CC.O=C(C1CN(c2ccc3ncn(-c4ccc(-c5cn[nH]c5)cc4)c3c2F)C1)N1CCOCC1.[HH]. The third-order valence-electron chi connectivity index (χ3n) is 6.50. The highest BCUT2D eigenvalue weighted by atomic mass is 19.1. The van der Waals surface area contributed by atoms with Crippen LogP contribution in [0.25, 0.3) is 27.8 Å². The molecule has 0 radical (unpaired) electrons. The first-order valence-electron chi connectivity index (χ1n) is 12.1. The van der Waals surface area contributed by atoms with E-state index in [0.29, 0.717) is 56.1 Å². The summed E-state index contributed by atoms with van der Waals surface area (Å²) in [5.41, 5.74) is 4.37. The van der Waals surface area contributed by atoms with Gasteiger partial charge in [-0.15, -0.1) is 0 Å². The van der Waals surface area contributed by atoms with E-state index < -0.39 is 0 Å². The molecule has 0 unspecified atom stereocenters. The van der Waals surface area contributed by atoms with E-state index in [1.54, 1.807) is 23.2 Å². The number of halogens is 1. The fourth-order valence-corrected chi connectivity index (χ4v) is 4.59. The van der Waals surface area contributed by atoms with Crippen LogP contribution in [0.1, 0.15) is 15.3 Å². The van der Waals surface area contributed by atoms with E-state index in [2.05, 4.69) is 15.2 Å². The summed E-state index contributed by atoms with van der Waals surface area (Å²) in [6, 6.07) is 11.4. The number of nitrogens with one attached hydrogen (secondary N) is 1. The number of ether oxygens (including phenoxy) is 1. The van der Waals surface area contributed by atoms with E-state index in [4.69, 9.17) is 4.74 Å². The van der Waals surface area contributed by atoms with Crippen molar-refractivity contribution in [3.05, 3.63) is 60.9 Å². The van der Waals surface area contributed by atoms with Crippen LogP contribution in [0, 0.1) is 11.7 Å². The number of carbonyl (C=O) groups excluding carboxylic acids is 1. The lowest BCUT2D eigenvalue weighted by molar-refractivity contribution is -0.140. The standard InChI is InChI=1S/C24H23FN6O2.C2H6.H2/c25-22-21(30-13-18(14-30)24(32)29-7-9-33-10-8-29)6-5-20-23(22)31(15-26-20)19-3-1-16(2-4-19)17-11-27-28-12-17;1-2;/h1-6,11-12,15,18H,7-10,13-14H2,(H,27,28);1-2H3;1H. The van der Waals surface area contributed by atoms with Crippen molar-refractivity contribution in [3.8, 4) is 16.8 Å². The van der Waals surface area contributed by atoms with E-state index in [-0.39, 0.29) is 19.1 Å². The Morgan fingerprint density at radius 2 is 1.83 bits per heavy atom. The van der Waals surface area contributed by atoms with E-state index in [1.165, 1.54) is 0 Å². The fraction of sp³-hybridized carbons (Fsp3) is 0.346. The molecule has 1 N–H and O–H groups in total. The maximum absolute atomic E-state index is 15.7. The molecule has 0 saturated carbocycles. The molecular weight excluding hydrogens is 447 g/mol. The number of imidazole rings is 1. The predicted octanol–water partition coefficient (Wildman–Crippen LogP) is 4.12. The quantitative estimate of drug-likeness (QED) is 0.477. The number of rotatable bonds is 4. The highest BCUT2D eigenvalue weighted by Crippen LogP contribution is 2.33. The van der Waals surface area contributed by atoms with Crippen LogP contribution in [0.2, 0.25) is 0 Å². The van der Waals surface area contributed by atoms with Gasteiger partial charge in [0, 0.05) is 45.1 Å². The van der Waals surface area contributed by atoms with E-state index >= 15 is 4.39 Å². The molecule has 0 aliphatic carbocycles. The van der Waals surface area contributed by atoms with Gasteiger partial charge in [0.1, 0.15) is 11.8 Å².